The average molecular weight is 620 g/mol. The van der Waals surface area contributed by atoms with Gasteiger partial charge in [0.15, 0.2) is 28.4 Å². The van der Waals surface area contributed by atoms with E-state index < -0.39 is 28.0 Å². The summed E-state index contributed by atoms with van der Waals surface area (Å²) in [6, 6.07) is 15.1. The molecular formula is C25H30ClN9O6S. The molecule has 1 heterocycles. The van der Waals surface area contributed by atoms with Crippen molar-refractivity contribution >= 4 is 51.2 Å². The number of anilines is 2. The highest BCUT2D eigenvalue weighted by atomic mass is 35.5. The largest absolute Gasteiger partial charge is 0.494 e. The van der Waals surface area contributed by atoms with Crippen molar-refractivity contribution in [3.8, 4) is 5.75 Å². The quantitative estimate of drug-likeness (QED) is 0.0815. The number of benzene rings is 2. The van der Waals surface area contributed by atoms with E-state index in [1.54, 1.807) is 0 Å². The van der Waals surface area contributed by atoms with Crippen LogP contribution in [0.4, 0.5) is 16.4 Å². The Balaban J connectivity index is 1.32. The molecule has 0 aliphatic carbocycles. The molecule has 0 unspecified atom stereocenters. The van der Waals surface area contributed by atoms with Gasteiger partial charge in [0.05, 0.1) is 11.5 Å². The van der Waals surface area contributed by atoms with Gasteiger partial charge in [-0.05, 0) is 36.2 Å². The minimum absolute atomic E-state index is 0.00957. The van der Waals surface area contributed by atoms with Crippen LogP contribution in [-0.4, -0.2) is 62.6 Å². The van der Waals surface area contributed by atoms with Gasteiger partial charge in [-0.2, -0.15) is 0 Å². The monoisotopic (exact) mass is 619 g/mol. The van der Waals surface area contributed by atoms with Gasteiger partial charge in [0.1, 0.15) is 12.4 Å². The zero-order valence-electron chi connectivity index (χ0n) is 22.2. The van der Waals surface area contributed by atoms with Crippen molar-refractivity contribution in [2.45, 2.75) is 17.9 Å². The first-order valence-corrected chi connectivity index (χ1v) is 14.3. The van der Waals surface area contributed by atoms with Crippen molar-refractivity contribution in [1.29, 1.82) is 5.41 Å². The number of carbonyl (C=O) groups excluding carboxylic acids is 2. The van der Waals surface area contributed by atoms with Crippen LogP contribution in [0.15, 0.2) is 59.5 Å². The van der Waals surface area contributed by atoms with Crippen molar-refractivity contribution in [3.63, 3.8) is 0 Å². The maximum atomic E-state index is 12.5. The Morgan fingerprint density at radius 1 is 0.929 bits per heavy atom. The minimum Gasteiger partial charge on any atom is -0.494 e. The van der Waals surface area contributed by atoms with Crippen molar-refractivity contribution in [2.24, 2.45) is 0 Å². The number of hydrogen-bond donors (Lipinski definition) is 7. The summed E-state index contributed by atoms with van der Waals surface area (Å²) in [6.07, 6.45) is -0.0137. The number of nitrogens with one attached hydrogen (secondary N) is 5. The van der Waals surface area contributed by atoms with E-state index in [2.05, 4.69) is 30.6 Å². The lowest BCUT2D eigenvalue weighted by molar-refractivity contribution is 0.0971. The molecule has 2 amide bonds. The number of alkyl carbamates (subject to hydrolysis) is 1. The summed E-state index contributed by atoms with van der Waals surface area (Å²) in [5.74, 6) is -1.22. The standard InChI is InChI=1S/C25H30ClN9O6S/c26-20-22(28)34-21(27)19(33-20)23(36)35-24(29)30-12-13-32-42(38,39)18-9-7-17(8-10-18)40-14-4-11-31-25(37)41-15-16-5-2-1-3-6-16/h1-3,5-10,32H,4,11-15H2,(H,31,37)(H4,27,28,34)(H3,29,30,35,36). The Morgan fingerprint density at radius 3 is 2.36 bits per heavy atom. The lowest BCUT2D eigenvalue weighted by Gasteiger charge is -2.12. The van der Waals surface area contributed by atoms with Crippen molar-refractivity contribution in [1.82, 2.24) is 30.6 Å². The summed E-state index contributed by atoms with van der Waals surface area (Å²) >= 11 is 5.75. The van der Waals surface area contributed by atoms with E-state index in [9.17, 15) is 18.0 Å². The van der Waals surface area contributed by atoms with Gasteiger partial charge in [-0.15, -0.1) is 0 Å². The van der Waals surface area contributed by atoms with Crippen LogP contribution in [0.2, 0.25) is 5.15 Å². The Labute approximate surface area is 246 Å². The predicted molar refractivity (Wildman–Crippen MR) is 155 cm³/mol. The molecule has 0 aliphatic rings. The second kappa shape index (κ2) is 15.4. The van der Waals surface area contributed by atoms with Crippen molar-refractivity contribution in [3.05, 3.63) is 71.0 Å². The van der Waals surface area contributed by atoms with E-state index in [0.29, 0.717) is 25.3 Å². The highest BCUT2D eigenvalue weighted by Crippen LogP contribution is 2.17. The molecule has 3 aromatic rings. The maximum absolute atomic E-state index is 12.5. The van der Waals surface area contributed by atoms with Gasteiger partial charge in [-0.1, -0.05) is 41.9 Å². The molecule has 9 N–H and O–H groups in total. The molecule has 224 valence electrons. The van der Waals surface area contributed by atoms with E-state index in [-0.39, 0.29) is 47.1 Å². The molecule has 0 spiro atoms. The van der Waals surface area contributed by atoms with E-state index in [1.807, 2.05) is 30.3 Å². The van der Waals surface area contributed by atoms with Gasteiger partial charge in [0.25, 0.3) is 5.91 Å². The normalized spacial score (nSPS) is 10.9. The Kier molecular flexibility index (Phi) is 11.7. The third kappa shape index (κ3) is 10.1. The summed E-state index contributed by atoms with van der Waals surface area (Å²) in [5, 5.41) is 15.0. The third-order valence-electron chi connectivity index (χ3n) is 5.28. The van der Waals surface area contributed by atoms with Gasteiger partial charge in [0, 0.05) is 19.6 Å². The number of rotatable bonds is 13. The molecule has 3 rings (SSSR count). The lowest BCUT2D eigenvalue weighted by Crippen LogP contribution is -2.43. The molecule has 2 aromatic carbocycles. The Bertz CT molecular complexity index is 1490. The first kappa shape index (κ1) is 31.9. The third-order valence-corrected chi connectivity index (χ3v) is 7.04. The summed E-state index contributed by atoms with van der Waals surface area (Å²) < 4.78 is 38.2. The summed E-state index contributed by atoms with van der Waals surface area (Å²) in [7, 11) is -3.85. The zero-order chi connectivity index (χ0) is 30.5. The number of aromatic nitrogens is 2. The van der Waals surface area contributed by atoms with E-state index >= 15 is 0 Å². The fourth-order valence-corrected chi connectivity index (χ4v) is 4.38. The maximum Gasteiger partial charge on any atom is 0.407 e. The predicted octanol–water partition coefficient (Wildman–Crippen LogP) is 1.22. The number of guanidine groups is 1. The first-order valence-electron chi connectivity index (χ1n) is 12.4. The number of ether oxygens (including phenoxy) is 2. The molecule has 17 heteroatoms. The smallest absolute Gasteiger partial charge is 0.407 e. The number of nitrogens with zero attached hydrogens (tertiary/aromatic N) is 2. The fourth-order valence-electron chi connectivity index (χ4n) is 3.22. The number of sulfonamides is 1. The summed E-state index contributed by atoms with van der Waals surface area (Å²) in [5.41, 5.74) is 11.6. The average Bonchev–Trinajstić information content (AvgIpc) is 2.96. The highest BCUT2D eigenvalue weighted by molar-refractivity contribution is 7.89. The van der Waals surface area contributed by atoms with E-state index in [4.69, 9.17) is 38.0 Å². The molecule has 0 bridgehead atoms. The number of amides is 2. The van der Waals surface area contributed by atoms with Crippen molar-refractivity contribution in [2.75, 3.05) is 37.7 Å². The molecule has 42 heavy (non-hydrogen) atoms. The molecule has 15 nitrogen and oxygen atoms in total. The van der Waals surface area contributed by atoms with Crippen LogP contribution in [0.3, 0.4) is 0 Å². The van der Waals surface area contributed by atoms with E-state index in [0.717, 1.165) is 5.56 Å². The number of halogens is 1. The summed E-state index contributed by atoms with van der Waals surface area (Å²) in [6.45, 7) is 0.713. The second-order valence-corrected chi connectivity index (χ2v) is 10.6. The number of nitrogens with two attached hydrogens (primary N) is 2. The van der Waals surface area contributed by atoms with Crippen LogP contribution in [0, 0.1) is 5.41 Å². The molecule has 0 aliphatic heterocycles. The van der Waals surface area contributed by atoms with Crippen LogP contribution in [0.25, 0.3) is 0 Å². The molecule has 0 atom stereocenters. The zero-order valence-corrected chi connectivity index (χ0v) is 23.8. The Morgan fingerprint density at radius 2 is 1.64 bits per heavy atom. The van der Waals surface area contributed by atoms with Crippen molar-refractivity contribution < 1.29 is 27.5 Å². The van der Waals surface area contributed by atoms with Gasteiger partial charge in [-0.3, -0.25) is 15.5 Å². The molecule has 0 saturated heterocycles. The highest BCUT2D eigenvalue weighted by Gasteiger charge is 2.17. The number of carbonyl (C=O) groups is 2. The SMILES string of the molecule is N=C(NCCNS(=O)(=O)c1ccc(OCCCNC(=O)OCc2ccccc2)cc1)NC(=O)c1nc(Cl)c(N)nc1N. The van der Waals surface area contributed by atoms with Gasteiger partial charge < -0.3 is 31.6 Å². The number of nitrogen functional groups attached to an aromatic ring is 2. The first-order chi connectivity index (χ1) is 20.0. The molecule has 0 radical (unpaired) electrons. The molecule has 0 saturated carbocycles. The second-order valence-electron chi connectivity index (χ2n) is 8.45. The minimum atomic E-state index is -3.85. The van der Waals surface area contributed by atoms with Crippen LogP contribution in [-0.2, 0) is 21.4 Å². The van der Waals surface area contributed by atoms with Gasteiger partial charge >= 0.3 is 6.09 Å². The Hall–Kier alpha value is -4.67. The molecule has 0 fully saturated rings. The summed E-state index contributed by atoms with van der Waals surface area (Å²) in [4.78, 5) is 31.4. The fraction of sp³-hybridized carbons (Fsp3) is 0.240. The lowest BCUT2D eigenvalue weighted by atomic mass is 10.2. The van der Waals surface area contributed by atoms with Crippen LogP contribution in [0.1, 0.15) is 22.5 Å². The van der Waals surface area contributed by atoms with Gasteiger partial charge in [0.2, 0.25) is 10.0 Å². The van der Waals surface area contributed by atoms with E-state index in [1.165, 1.54) is 24.3 Å². The van der Waals surface area contributed by atoms with Crippen LogP contribution < -0.4 is 36.9 Å². The van der Waals surface area contributed by atoms with Crippen LogP contribution in [0.5, 0.6) is 5.75 Å². The molecule has 1 aromatic heterocycles. The molecular weight excluding hydrogens is 590 g/mol. The topological polar surface area (TPSA) is 237 Å². The van der Waals surface area contributed by atoms with Gasteiger partial charge in [-0.25, -0.2) is 27.9 Å². The van der Waals surface area contributed by atoms with Crippen LogP contribution >= 0.6 is 11.6 Å². The number of hydrogen-bond acceptors (Lipinski definition) is 11.